The summed E-state index contributed by atoms with van der Waals surface area (Å²) in [4.78, 5) is 26.0. The summed E-state index contributed by atoms with van der Waals surface area (Å²) in [5, 5.41) is 5.59. The van der Waals surface area contributed by atoms with Gasteiger partial charge < -0.3 is 25.0 Å². The fourth-order valence-electron chi connectivity index (χ4n) is 2.72. The Morgan fingerprint density at radius 2 is 1.88 bits per heavy atom. The van der Waals surface area contributed by atoms with Crippen LogP contribution in [0.3, 0.4) is 0 Å². The van der Waals surface area contributed by atoms with Crippen molar-refractivity contribution >= 4 is 17.6 Å². The Balaban J connectivity index is 1.96. The van der Waals surface area contributed by atoms with Crippen LogP contribution in [0, 0.1) is 0 Å². The molecule has 1 atom stereocenters. The summed E-state index contributed by atoms with van der Waals surface area (Å²) in [5.74, 6) is 1.18. The molecule has 1 unspecified atom stereocenters. The lowest BCUT2D eigenvalue weighted by Crippen LogP contribution is -2.45. The van der Waals surface area contributed by atoms with Crippen molar-refractivity contribution in [2.24, 2.45) is 0 Å². The second kappa shape index (κ2) is 6.98. The number of nitrogens with one attached hydrogen (secondary N) is 2. The van der Waals surface area contributed by atoms with Gasteiger partial charge >= 0.3 is 6.03 Å². The first-order valence-corrected chi connectivity index (χ1v) is 7.84. The quantitative estimate of drug-likeness (QED) is 0.884. The Bertz CT molecular complexity index is 625. The van der Waals surface area contributed by atoms with Crippen molar-refractivity contribution in [3.8, 4) is 11.5 Å². The van der Waals surface area contributed by atoms with Gasteiger partial charge in [-0.05, 0) is 32.9 Å². The molecule has 0 aromatic heterocycles. The Labute approximate surface area is 142 Å². The maximum Gasteiger partial charge on any atom is 0.319 e. The van der Waals surface area contributed by atoms with E-state index in [1.807, 2.05) is 20.8 Å². The van der Waals surface area contributed by atoms with Crippen molar-refractivity contribution in [2.75, 3.05) is 26.1 Å². The molecule has 1 aromatic rings. The molecule has 3 amide bonds. The molecule has 0 saturated carbocycles. The van der Waals surface area contributed by atoms with Crippen molar-refractivity contribution in [3.63, 3.8) is 0 Å². The van der Waals surface area contributed by atoms with Crippen molar-refractivity contribution < 1.29 is 19.1 Å². The summed E-state index contributed by atoms with van der Waals surface area (Å²) >= 11 is 0. The minimum atomic E-state index is -0.351. The Kier molecular flexibility index (Phi) is 5.21. The third kappa shape index (κ3) is 4.10. The van der Waals surface area contributed by atoms with E-state index in [1.165, 1.54) is 7.11 Å². The predicted octanol–water partition coefficient (Wildman–Crippen LogP) is 2.22. The number of methoxy groups -OCH3 is 2. The Hall–Kier alpha value is -2.44. The number of benzene rings is 1. The molecule has 1 heterocycles. The number of rotatable bonds is 4. The van der Waals surface area contributed by atoms with Crippen LogP contribution in [0.15, 0.2) is 18.2 Å². The summed E-state index contributed by atoms with van der Waals surface area (Å²) in [6.07, 6.45) is 0.316. The molecule has 0 aliphatic carbocycles. The fourth-order valence-corrected chi connectivity index (χ4v) is 2.72. The molecule has 0 radical (unpaired) electrons. The van der Waals surface area contributed by atoms with E-state index in [1.54, 1.807) is 30.2 Å². The fraction of sp³-hybridized carbons (Fsp3) is 0.529. The van der Waals surface area contributed by atoms with Crippen LogP contribution < -0.4 is 20.1 Å². The van der Waals surface area contributed by atoms with Gasteiger partial charge in [0.2, 0.25) is 5.91 Å². The highest BCUT2D eigenvalue weighted by Crippen LogP contribution is 2.29. The zero-order valence-electron chi connectivity index (χ0n) is 14.8. The standard InChI is InChI=1S/C17H25N3O4/c1-17(2,3)20-10-12(9-15(20)21)19-16(22)18-11-6-7-13(23-4)14(8-11)24-5/h6-8,12H,9-10H2,1-5H3,(H2,18,19,22). The van der Waals surface area contributed by atoms with E-state index < -0.39 is 0 Å². The molecule has 1 aromatic carbocycles. The smallest absolute Gasteiger partial charge is 0.319 e. The molecule has 2 N–H and O–H groups in total. The van der Waals surface area contributed by atoms with Crippen molar-refractivity contribution in [1.29, 1.82) is 0 Å². The van der Waals surface area contributed by atoms with Crippen molar-refractivity contribution in [2.45, 2.75) is 38.8 Å². The van der Waals surface area contributed by atoms with E-state index in [9.17, 15) is 9.59 Å². The summed E-state index contributed by atoms with van der Waals surface area (Å²) in [5.41, 5.74) is 0.343. The third-order valence-electron chi connectivity index (χ3n) is 3.91. The summed E-state index contributed by atoms with van der Waals surface area (Å²) in [6.45, 7) is 6.46. The first-order valence-electron chi connectivity index (χ1n) is 7.84. The number of hydrogen-bond donors (Lipinski definition) is 2. The van der Waals surface area contributed by atoms with Crippen LogP contribution in [0.25, 0.3) is 0 Å². The molecule has 7 nitrogen and oxygen atoms in total. The molecule has 0 bridgehead atoms. The number of carbonyl (C=O) groups is 2. The number of hydrogen-bond acceptors (Lipinski definition) is 4. The zero-order valence-corrected chi connectivity index (χ0v) is 14.8. The van der Waals surface area contributed by atoms with Crippen LogP contribution in [0.5, 0.6) is 11.5 Å². The first-order chi connectivity index (χ1) is 11.2. The molecule has 132 valence electrons. The van der Waals surface area contributed by atoms with Gasteiger partial charge in [-0.1, -0.05) is 0 Å². The minimum absolute atomic E-state index is 0.0546. The average molecular weight is 335 g/mol. The monoisotopic (exact) mass is 335 g/mol. The molecule has 2 rings (SSSR count). The highest BCUT2D eigenvalue weighted by atomic mass is 16.5. The van der Waals surface area contributed by atoms with Crippen LogP contribution in [-0.4, -0.2) is 49.2 Å². The van der Waals surface area contributed by atoms with Gasteiger partial charge in [0.1, 0.15) is 0 Å². The van der Waals surface area contributed by atoms with E-state index in [4.69, 9.17) is 9.47 Å². The molecule has 0 spiro atoms. The van der Waals surface area contributed by atoms with E-state index in [0.717, 1.165) is 0 Å². The van der Waals surface area contributed by atoms with Gasteiger partial charge in [-0.3, -0.25) is 4.79 Å². The van der Waals surface area contributed by atoms with E-state index in [0.29, 0.717) is 30.2 Å². The summed E-state index contributed by atoms with van der Waals surface area (Å²) < 4.78 is 10.4. The summed E-state index contributed by atoms with van der Waals surface area (Å²) in [7, 11) is 3.09. The average Bonchev–Trinajstić information content (AvgIpc) is 2.87. The van der Waals surface area contributed by atoms with Gasteiger partial charge in [0, 0.05) is 30.3 Å². The topological polar surface area (TPSA) is 79.9 Å². The van der Waals surface area contributed by atoms with Gasteiger partial charge in [0.25, 0.3) is 0 Å². The lowest BCUT2D eigenvalue weighted by molar-refractivity contribution is -0.131. The zero-order chi connectivity index (χ0) is 17.9. The van der Waals surface area contributed by atoms with E-state index in [2.05, 4.69) is 10.6 Å². The van der Waals surface area contributed by atoms with Crippen molar-refractivity contribution in [1.82, 2.24) is 10.2 Å². The van der Waals surface area contributed by atoms with Gasteiger partial charge in [0.05, 0.1) is 20.3 Å². The van der Waals surface area contributed by atoms with Crippen molar-refractivity contribution in [3.05, 3.63) is 18.2 Å². The largest absolute Gasteiger partial charge is 0.493 e. The van der Waals surface area contributed by atoms with E-state index in [-0.39, 0.29) is 23.5 Å². The molecule has 1 fully saturated rings. The number of anilines is 1. The maximum atomic E-state index is 12.2. The minimum Gasteiger partial charge on any atom is -0.493 e. The molecule has 1 aliphatic rings. The van der Waals surface area contributed by atoms with Crippen LogP contribution in [0.4, 0.5) is 10.5 Å². The lowest BCUT2D eigenvalue weighted by atomic mass is 10.1. The lowest BCUT2D eigenvalue weighted by Gasteiger charge is -2.32. The molecular formula is C17H25N3O4. The number of ether oxygens (including phenoxy) is 2. The SMILES string of the molecule is COc1ccc(NC(=O)NC2CC(=O)N(C(C)(C)C)C2)cc1OC. The second-order valence-corrected chi connectivity index (χ2v) is 6.74. The Morgan fingerprint density at radius 1 is 1.21 bits per heavy atom. The molecule has 7 heteroatoms. The van der Waals surface area contributed by atoms with Crippen LogP contribution in [0.2, 0.25) is 0 Å². The molecule has 1 aliphatic heterocycles. The van der Waals surface area contributed by atoms with Gasteiger partial charge in [0.15, 0.2) is 11.5 Å². The van der Waals surface area contributed by atoms with Gasteiger partial charge in [-0.2, -0.15) is 0 Å². The molecular weight excluding hydrogens is 310 g/mol. The van der Waals surface area contributed by atoms with Crippen LogP contribution in [0.1, 0.15) is 27.2 Å². The van der Waals surface area contributed by atoms with E-state index >= 15 is 0 Å². The van der Waals surface area contributed by atoms with Gasteiger partial charge in [-0.25, -0.2) is 4.79 Å². The Morgan fingerprint density at radius 3 is 2.42 bits per heavy atom. The highest BCUT2D eigenvalue weighted by Gasteiger charge is 2.36. The number of urea groups is 1. The number of likely N-dealkylation sites (tertiary alicyclic amines) is 1. The van der Waals surface area contributed by atoms with Crippen LogP contribution in [-0.2, 0) is 4.79 Å². The second-order valence-electron chi connectivity index (χ2n) is 6.74. The molecule has 1 saturated heterocycles. The maximum absolute atomic E-state index is 12.2. The summed E-state index contributed by atoms with van der Waals surface area (Å²) in [6, 6.07) is 4.57. The van der Waals surface area contributed by atoms with Crippen LogP contribution >= 0.6 is 0 Å². The number of carbonyl (C=O) groups excluding carboxylic acids is 2. The predicted molar refractivity (Wildman–Crippen MR) is 91.6 cm³/mol. The highest BCUT2D eigenvalue weighted by molar-refractivity contribution is 5.91. The molecule has 24 heavy (non-hydrogen) atoms. The van der Waals surface area contributed by atoms with Gasteiger partial charge in [-0.15, -0.1) is 0 Å². The number of amides is 3. The third-order valence-corrected chi connectivity index (χ3v) is 3.91. The first kappa shape index (κ1) is 17.9. The number of nitrogens with zero attached hydrogens (tertiary/aromatic N) is 1. The normalized spacial score (nSPS) is 17.6.